The average molecular weight is 252 g/mol. The zero-order chi connectivity index (χ0) is 12.5. The number of hydrogen-bond donors (Lipinski definition) is 0. The SMILES string of the molecule is O=COCC1=CS(=O)(=O)c2ccccc2C1=O. The van der Waals surface area contributed by atoms with Crippen molar-refractivity contribution in [1.29, 1.82) is 0 Å². The van der Waals surface area contributed by atoms with Crippen LogP contribution in [-0.4, -0.2) is 27.3 Å². The molecule has 1 aromatic rings. The topological polar surface area (TPSA) is 77.5 Å². The van der Waals surface area contributed by atoms with Crippen LogP contribution in [0.3, 0.4) is 0 Å². The van der Waals surface area contributed by atoms with Crippen LogP contribution in [0, 0.1) is 0 Å². The second-order valence-electron chi connectivity index (χ2n) is 3.42. The molecule has 5 nitrogen and oxygen atoms in total. The maximum atomic E-state index is 11.9. The predicted octanol–water partition coefficient (Wildman–Crippen LogP) is 0.714. The van der Waals surface area contributed by atoms with Crippen molar-refractivity contribution in [2.24, 2.45) is 0 Å². The molecule has 0 aromatic heterocycles. The fraction of sp³-hybridized carbons (Fsp3) is 0.0909. The molecule has 17 heavy (non-hydrogen) atoms. The van der Waals surface area contributed by atoms with Gasteiger partial charge in [0.15, 0.2) is 5.78 Å². The van der Waals surface area contributed by atoms with Crippen molar-refractivity contribution >= 4 is 22.1 Å². The van der Waals surface area contributed by atoms with Gasteiger partial charge in [-0.1, -0.05) is 12.1 Å². The number of ketones is 1. The highest BCUT2D eigenvalue weighted by Gasteiger charge is 2.29. The number of fused-ring (bicyclic) bond motifs is 1. The van der Waals surface area contributed by atoms with Gasteiger partial charge < -0.3 is 4.74 Å². The van der Waals surface area contributed by atoms with E-state index in [2.05, 4.69) is 4.74 Å². The third kappa shape index (κ3) is 1.99. The molecule has 0 saturated heterocycles. The van der Waals surface area contributed by atoms with Gasteiger partial charge in [-0.15, -0.1) is 0 Å². The van der Waals surface area contributed by atoms with Gasteiger partial charge in [-0.25, -0.2) is 8.42 Å². The number of ether oxygens (including phenoxy) is 1. The lowest BCUT2D eigenvalue weighted by Crippen LogP contribution is -2.19. The molecule has 1 aliphatic rings. The van der Waals surface area contributed by atoms with Gasteiger partial charge in [-0.05, 0) is 12.1 Å². The Balaban J connectivity index is 2.54. The Morgan fingerprint density at radius 1 is 1.24 bits per heavy atom. The van der Waals surface area contributed by atoms with E-state index in [9.17, 15) is 18.0 Å². The molecule has 1 aromatic carbocycles. The second kappa shape index (κ2) is 4.14. The van der Waals surface area contributed by atoms with Crippen LogP contribution in [0.1, 0.15) is 10.4 Å². The van der Waals surface area contributed by atoms with Gasteiger partial charge in [-0.2, -0.15) is 0 Å². The number of carbonyl (C=O) groups is 2. The zero-order valence-corrected chi connectivity index (χ0v) is 9.44. The van der Waals surface area contributed by atoms with Crippen LogP contribution in [0.5, 0.6) is 0 Å². The molecule has 1 aliphatic heterocycles. The lowest BCUT2D eigenvalue weighted by molar-refractivity contribution is -0.127. The quantitative estimate of drug-likeness (QED) is 0.740. The molecule has 0 amide bonds. The van der Waals surface area contributed by atoms with Gasteiger partial charge in [0.2, 0.25) is 9.84 Å². The van der Waals surface area contributed by atoms with Crippen molar-refractivity contribution in [3.8, 4) is 0 Å². The standard InChI is InChI=1S/C11H8O5S/c12-7-16-5-8-6-17(14,15)10-4-2-1-3-9(10)11(8)13/h1-4,6-7H,5H2. The lowest BCUT2D eigenvalue weighted by atomic mass is 10.1. The van der Waals surface area contributed by atoms with Gasteiger partial charge in [0.25, 0.3) is 6.47 Å². The van der Waals surface area contributed by atoms with Crippen molar-refractivity contribution in [3.63, 3.8) is 0 Å². The van der Waals surface area contributed by atoms with E-state index >= 15 is 0 Å². The van der Waals surface area contributed by atoms with Gasteiger partial charge in [0, 0.05) is 16.5 Å². The van der Waals surface area contributed by atoms with E-state index in [0.717, 1.165) is 5.41 Å². The van der Waals surface area contributed by atoms with E-state index < -0.39 is 15.6 Å². The van der Waals surface area contributed by atoms with Crippen LogP contribution in [-0.2, 0) is 19.4 Å². The smallest absolute Gasteiger partial charge is 0.293 e. The second-order valence-corrected chi connectivity index (χ2v) is 5.19. The minimum atomic E-state index is -3.63. The summed E-state index contributed by atoms with van der Waals surface area (Å²) in [5, 5.41) is 0.848. The van der Waals surface area contributed by atoms with Gasteiger partial charge in [0.05, 0.1) is 4.90 Å². The Morgan fingerprint density at radius 3 is 2.65 bits per heavy atom. The molecule has 2 rings (SSSR count). The number of rotatable bonds is 3. The van der Waals surface area contributed by atoms with Gasteiger partial charge >= 0.3 is 0 Å². The lowest BCUT2D eigenvalue weighted by Gasteiger charge is -2.14. The van der Waals surface area contributed by atoms with Crippen LogP contribution >= 0.6 is 0 Å². The average Bonchev–Trinajstić information content (AvgIpc) is 2.32. The molecule has 88 valence electrons. The maximum Gasteiger partial charge on any atom is 0.293 e. The molecular weight excluding hydrogens is 244 g/mol. The van der Waals surface area contributed by atoms with E-state index in [1.54, 1.807) is 12.1 Å². The molecular formula is C11H8O5S. The first-order chi connectivity index (χ1) is 8.06. The van der Waals surface area contributed by atoms with Crippen LogP contribution in [0.25, 0.3) is 0 Å². The summed E-state index contributed by atoms with van der Waals surface area (Å²) in [4.78, 5) is 21.9. The molecule has 0 saturated carbocycles. The predicted molar refractivity (Wildman–Crippen MR) is 58.1 cm³/mol. The third-order valence-electron chi connectivity index (χ3n) is 2.33. The van der Waals surface area contributed by atoms with Crippen LogP contribution in [0.4, 0.5) is 0 Å². The Hall–Kier alpha value is -1.95. The molecule has 0 bridgehead atoms. The monoisotopic (exact) mass is 252 g/mol. The highest BCUT2D eigenvalue weighted by Crippen LogP contribution is 2.26. The summed E-state index contributed by atoms with van der Waals surface area (Å²) in [6.45, 7) is -0.169. The first-order valence-electron chi connectivity index (χ1n) is 4.71. The summed E-state index contributed by atoms with van der Waals surface area (Å²) < 4.78 is 28.1. The summed E-state index contributed by atoms with van der Waals surface area (Å²) >= 11 is 0. The Labute approximate surface area is 97.6 Å². The normalized spacial score (nSPS) is 16.9. The molecule has 0 atom stereocenters. The molecule has 6 heteroatoms. The molecule has 0 N–H and O–H groups in total. The Kier molecular flexibility index (Phi) is 2.81. The highest BCUT2D eigenvalue weighted by molar-refractivity contribution is 7.94. The van der Waals surface area contributed by atoms with E-state index in [0.29, 0.717) is 0 Å². The molecule has 0 radical (unpaired) electrons. The number of Topliss-reactive ketones (excluding diaryl/α,β-unsaturated/α-hetero) is 1. The van der Waals surface area contributed by atoms with Crippen molar-refractivity contribution in [2.75, 3.05) is 6.61 Å². The first kappa shape index (κ1) is 11.5. The van der Waals surface area contributed by atoms with Crippen molar-refractivity contribution < 1.29 is 22.7 Å². The summed E-state index contributed by atoms with van der Waals surface area (Å²) in [5.74, 6) is -0.433. The number of carbonyl (C=O) groups excluding carboxylic acids is 2. The van der Waals surface area contributed by atoms with Gasteiger partial charge in [0.1, 0.15) is 6.61 Å². The van der Waals surface area contributed by atoms with Crippen molar-refractivity contribution in [1.82, 2.24) is 0 Å². The third-order valence-corrected chi connectivity index (χ3v) is 3.90. The van der Waals surface area contributed by atoms with E-state index in [4.69, 9.17) is 0 Å². The Morgan fingerprint density at radius 2 is 1.94 bits per heavy atom. The Bertz CT molecular complexity index is 613. The minimum Gasteiger partial charge on any atom is -0.463 e. The minimum absolute atomic E-state index is 0.0140. The van der Waals surface area contributed by atoms with Gasteiger partial charge in [-0.3, -0.25) is 9.59 Å². The fourth-order valence-electron chi connectivity index (χ4n) is 1.60. The highest BCUT2D eigenvalue weighted by atomic mass is 32.2. The van der Waals surface area contributed by atoms with E-state index in [1.165, 1.54) is 12.1 Å². The number of benzene rings is 1. The fourth-order valence-corrected chi connectivity index (χ4v) is 3.02. The molecule has 1 heterocycles. The molecule has 0 aliphatic carbocycles. The summed E-state index contributed by atoms with van der Waals surface area (Å²) in [6.07, 6.45) is 0. The van der Waals surface area contributed by atoms with E-state index in [-0.39, 0.29) is 29.1 Å². The molecule has 0 spiro atoms. The van der Waals surface area contributed by atoms with Crippen LogP contribution in [0.15, 0.2) is 40.1 Å². The van der Waals surface area contributed by atoms with Crippen molar-refractivity contribution in [2.45, 2.75) is 4.90 Å². The van der Waals surface area contributed by atoms with E-state index in [1.807, 2.05) is 0 Å². The van der Waals surface area contributed by atoms with Crippen molar-refractivity contribution in [3.05, 3.63) is 40.8 Å². The van der Waals surface area contributed by atoms with Crippen LogP contribution < -0.4 is 0 Å². The summed E-state index contributed by atoms with van der Waals surface area (Å²) in [5.41, 5.74) is 0.0651. The largest absolute Gasteiger partial charge is 0.463 e. The number of sulfone groups is 1. The molecule has 0 unspecified atom stereocenters. The van der Waals surface area contributed by atoms with Crippen LogP contribution in [0.2, 0.25) is 0 Å². The summed E-state index contributed by atoms with van der Waals surface area (Å²) in [6, 6.07) is 5.93. The zero-order valence-electron chi connectivity index (χ0n) is 8.62. The first-order valence-corrected chi connectivity index (χ1v) is 6.25. The number of hydrogen-bond acceptors (Lipinski definition) is 5. The molecule has 0 fully saturated rings. The summed E-state index contributed by atoms with van der Waals surface area (Å²) in [7, 11) is -3.63. The maximum absolute atomic E-state index is 11.9.